The topological polar surface area (TPSA) is 57.1 Å². The Morgan fingerprint density at radius 1 is 1.48 bits per heavy atom. The molecule has 0 saturated carbocycles. The largest absolute Gasteiger partial charge is 0.573 e. The van der Waals surface area contributed by atoms with Gasteiger partial charge in [0.1, 0.15) is 5.75 Å². The van der Waals surface area contributed by atoms with Gasteiger partial charge >= 0.3 is 12.3 Å². The molecule has 1 aliphatic heterocycles. The minimum absolute atomic E-state index is 0.133. The Hall–Kier alpha value is -2.25. The summed E-state index contributed by atoms with van der Waals surface area (Å²) in [4.78, 5) is 16.4. The molecule has 0 fully saturated rings. The van der Waals surface area contributed by atoms with Crippen LogP contribution in [0.15, 0.2) is 29.4 Å². The van der Waals surface area contributed by atoms with Crippen LogP contribution in [0.3, 0.4) is 0 Å². The van der Waals surface area contributed by atoms with Crippen molar-refractivity contribution in [2.45, 2.75) is 25.8 Å². The lowest BCUT2D eigenvalue weighted by molar-refractivity contribution is -0.274. The van der Waals surface area contributed by atoms with E-state index < -0.39 is 18.4 Å². The van der Waals surface area contributed by atoms with Crippen LogP contribution in [0.25, 0.3) is 0 Å². The summed E-state index contributed by atoms with van der Waals surface area (Å²) in [6.07, 6.45) is -5.50. The van der Waals surface area contributed by atoms with Crippen LogP contribution in [0, 0.1) is 0 Å². The Bertz CT molecular complexity index is 557. The van der Waals surface area contributed by atoms with E-state index in [9.17, 15) is 18.0 Å². The Kier molecular flexibility index (Phi) is 4.35. The third kappa shape index (κ3) is 4.11. The first-order chi connectivity index (χ1) is 9.89. The van der Waals surface area contributed by atoms with Gasteiger partial charge in [0, 0.05) is 12.0 Å². The second-order valence-electron chi connectivity index (χ2n) is 4.16. The van der Waals surface area contributed by atoms with Crippen molar-refractivity contribution >= 4 is 11.7 Å². The van der Waals surface area contributed by atoms with E-state index in [1.807, 2.05) is 0 Å². The summed E-state index contributed by atoms with van der Waals surface area (Å²) < 4.78 is 45.1. The molecule has 0 radical (unpaired) electrons. The second-order valence-corrected chi connectivity index (χ2v) is 4.16. The molecule has 0 amide bonds. The zero-order valence-electron chi connectivity index (χ0n) is 11.0. The van der Waals surface area contributed by atoms with Crippen molar-refractivity contribution in [1.82, 2.24) is 0 Å². The summed E-state index contributed by atoms with van der Waals surface area (Å²) in [5, 5.41) is 3.71. The molecule has 1 unspecified atom stereocenters. The number of halogens is 3. The Morgan fingerprint density at radius 3 is 2.90 bits per heavy atom. The number of carbonyl (C=O) groups is 1. The van der Waals surface area contributed by atoms with E-state index in [-0.39, 0.29) is 18.8 Å². The molecule has 0 bridgehead atoms. The molecule has 0 aromatic heterocycles. The lowest BCUT2D eigenvalue weighted by Crippen LogP contribution is -2.23. The number of ether oxygens (including phenoxy) is 2. The van der Waals surface area contributed by atoms with E-state index in [0.29, 0.717) is 11.3 Å². The van der Waals surface area contributed by atoms with Crippen molar-refractivity contribution < 1.29 is 32.3 Å². The number of carbonyl (C=O) groups excluding carboxylic acids is 1. The zero-order valence-corrected chi connectivity index (χ0v) is 11.0. The fourth-order valence-corrected chi connectivity index (χ4v) is 1.78. The predicted molar refractivity (Wildman–Crippen MR) is 65.8 cm³/mol. The van der Waals surface area contributed by atoms with E-state index in [2.05, 4.69) is 9.89 Å². The molecule has 114 valence electrons. The maximum Gasteiger partial charge on any atom is 0.573 e. The summed E-state index contributed by atoms with van der Waals surface area (Å²) >= 11 is 0. The molecular formula is C13H12F3NO4. The van der Waals surface area contributed by atoms with Crippen LogP contribution >= 0.6 is 0 Å². The molecule has 0 aliphatic carbocycles. The average Bonchev–Trinajstić information content (AvgIpc) is 2.87. The monoisotopic (exact) mass is 303 g/mol. The van der Waals surface area contributed by atoms with E-state index in [0.717, 1.165) is 0 Å². The summed E-state index contributed by atoms with van der Waals surface area (Å²) in [5.41, 5.74) is 0.754. The number of hydrogen-bond acceptors (Lipinski definition) is 5. The fraction of sp³-hybridized carbons (Fsp3) is 0.385. The lowest BCUT2D eigenvalue weighted by atomic mass is 10.0. The summed E-state index contributed by atoms with van der Waals surface area (Å²) in [6, 6.07) is 5.31. The maximum absolute atomic E-state index is 12.2. The van der Waals surface area contributed by atoms with Crippen LogP contribution in [0.1, 0.15) is 18.9 Å². The van der Waals surface area contributed by atoms with Crippen LogP contribution in [-0.4, -0.2) is 30.8 Å². The Labute approximate surface area is 118 Å². The van der Waals surface area contributed by atoms with E-state index in [4.69, 9.17) is 9.57 Å². The Balaban J connectivity index is 2.06. The highest BCUT2D eigenvalue weighted by Crippen LogP contribution is 2.25. The van der Waals surface area contributed by atoms with Gasteiger partial charge in [-0.3, -0.25) is 0 Å². The number of alkyl halides is 3. The van der Waals surface area contributed by atoms with Gasteiger partial charge in [0.2, 0.25) is 6.10 Å². The molecule has 5 nitrogen and oxygen atoms in total. The third-order valence-electron chi connectivity index (χ3n) is 2.62. The number of esters is 1. The molecule has 1 aliphatic rings. The second kappa shape index (κ2) is 6.02. The van der Waals surface area contributed by atoms with Crippen molar-refractivity contribution in [3.63, 3.8) is 0 Å². The molecule has 2 rings (SSSR count). The van der Waals surface area contributed by atoms with Gasteiger partial charge < -0.3 is 14.3 Å². The van der Waals surface area contributed by atoms with Gasteiger partial charge in [-0.05, 0) is 19.1 Å². The number of oxime groups is 1. The number of hydrogen-bond donors (Lipinski definition) is 0. The first kappa shape index (κ1) is 15.1. The SMILES string of the molecule is CCOC(=O)C1CC(c2cccc(OC(F)(F)F)c2)=NO1. The van der Waals surface area contributed by atoms with Crippen LogP contribution in [0.2, 0.25) is 0 Å². The fourth-order valence-electron chi connectivity index (χ4n) is 1.78. The molecule has 0 saturated heterocycles. The van der Waals surface area contributed by atoms with Gasteiger partial charge in [0.05, 0.1) is 12.3 Å². The minimum atomic E-state index is -4.76. The minimum Gasteiger partial charge on any atom is -0.463 e. The van der Waals surface area contributed by atoms with Crippen molar-refractivity contribution in [2.24, 2.45) is 5.16 Å². The van der Waals surface area contributed by atoms with Crippen LogP contribution < -0.4 is 4.74 Å². The van der Waals surface area contributed by atoms with Gasteiger partial charge in [-0.15, -0.1) is 13.2 Å². The van der Waals surface area contributed by atoms with Gasteiger partial charge in [-0.1, -0.05) is 17.3 Å². The van der Waals surface area contributed by atoms with Crippen molar-refractivity contribution in [3.05, 3.63) is 29.8 Å². The highest BCUT2D eigenvalue weighted by molar-refractivity contribution is 6.03. The van der Waals surface area contributed by atoms with Gasteiger partial charge in [0.25, 0.3) is 0 Å². The first-order valence-corrected chi connectivity index (χ1v) is 6.14. The molecule has 0 spiro atoms. The smallest absolute Gasteiger partial charge is 0.463 e. The van der Waals surface area contributed by atoms with E-state index in [1.165, 1.54) is 18.2 Å². The molecule has 21 heavy (non-hydrogen) atoms. The molecule has 8 heteroatoms. The summed E-state index contributed by atoms with van der Waals surface area (Å²) in [6.45, 7) is 1.87. The Morgan fingerprint density at radius 2 is 2.24 bits per heavy atom. The highest BCUT2D eigenvalue weighted by atomic mass is 19.4. The molecule has 1 aromatic rings. The molecular weight excluding hydrogens is 291 g/mol. The van der Waals surface area contributed by atoms with Crippen molar-refractivity contribution in [1.29, 1.82) is 0 Å². The summed E-state index contributed by atoms with van der Waals surface area (Å²) in [7, 11) is 0. The van der Waals surface area contributed by atoms with Gasteiger partial charge in [-0.2, -0.15) is 0 Å². The van der Waals surface area contributed by atoms with Gasteiger partial charge in [0.15, 0.2) is 0 Å². The molecule has 1 atom stereocenters. The van der Waals surface area contributed by atoms with Crippen LogP contribution in [-0.2, 0) is 14.4 Å². The van der Waals surface area contributed by atoms with Crippen molar-refractivity contribution in [3.8, 4) is 5.75 Å². The highest BCUT2D eigenvalue weighted by Gasteiger charge is 2.32. The predicted octanol–water partition coefficient (Wildman–Crippen LogP) is 2.64. The quantitative estimate of drug-likeness (QED) is 0.802. The molecule has 0 N–H and O–H groups in total. The zero-order chi connectivity index (χ0) is 15.5. The number of benzene rings is 1. The summed E-state index contributed by atoms with van der Waals surface area (Å²) in [5.74, 6) is -0.916. The maximum atomic E-state index is 12.2. The average molecular weight is 303 g/mol. The van der Waals surface area contributed by atoms with E-state index >= 15 is 0 Å². The standard InChI is InChI=1S/C13H12F3NO4/c1-2-19-12(18)11-7-10(17-21-11)8-4-3-5-9(6-8)20-13(14,15)16/h3-6,11H,2,7H2,1H3. The normalized spacial score (nSPS) is 17.9. The third-order valence-corrected chi connectivity index (χ3v) is 2.62. The molecule has 1 aromatic carbocycles. The molecule has 1 heterocycles. The van der Waals surface area contributed by atoms with Gasteiger partial charge in [-0.25, -0.2) is 4.79 Å². The number of rotatable bonds is 4. The van der Waals surface area contributed by atoms with Crippen molar-refractivity contribution in [2.75, 3.05) is 6.61 Å². The number of nitrogens with zero attached hydrogens (tertiary/aromatic N) is 1. The lowest BCUT2D eigenvalue weighted by Gasteiger charge is -2.09. The van der Waals surface area contributed by atoms with Crippen LogP contribution in [0.5, 0.6) is 5.75 Å². The first-order valence-electron chi connectivity index (χ1n) is 6.14. The van der Waals surface area contributed by atoms with Crippen LogP contribution in [0.4, 0.5) is 13.2 Å². The van der Waals surface area contributed by atoms with E-state index in [1.54, 1.807) is 13.0 Å².